The maximum Gasteiger partial charge on any atom is 0.155 e. The molecule has 0 aromatic heterocycles. The Kier molecular flexibility index (Phi) is 4.73. The third-order valence-electron chi connectivity index (χ3n) is 3.83. The van der Waals surface area contributed by atoms with Gasteiger partial charge in [0.15, 0.2) is 5.78 Å². The van der Waals surface area contributed by atoms with E-state index in [0.717, 1.165) is 18.4 Å². The van der Waals surface area contributed by atoms with Crippen LogP contribution >= 0.6 is 0 Å². The van der Waals surface area contributed by atoms with Crippen molar-refractivity contribution in [1.29, 1.82) is 0 Å². The van der Waals surface area contributed by atoms with Gasteiger partial charge in [0.25, 0.3) is 0 Å². The average Bonchev–Trinajstić information content (AvgIpc) is 2.21. The zero-order valence-corrected chi connectivity index (χ0v) is 12.0. The number of hydrogen-bond donors (Lipinski definition) is 0. The Bertz CT molecular complexity index is 356. The standard InChI is InChI=1S/C16H26O/c1-6-8-14(13(3)17)11-15-12(2)9-7-10-16(15,4)5/h11H,6-10H2,1-5H3/b14-11+. The SMILES string of the molecule is CCC/C(=C\C1=C(C)CCCC1(C)C)C(C)=O. The van der Waals surface area contributed by atoms with Crippen molar-refractivity contribution in [1.82, 2.24) is 0 Å². The molecule has 1 aliphatic rings. The quantitative estimate of drug-likeness (QED) is 0.637. The second-order valence-electron chi connectivity index (χ2n) is 5.91. The van der Waals surface area contributed by atoms with Crippen LogP contribution in [0.2, 0.25) is 0 Å². The first-order chi connectivity index (χ1) is 7.88. The summed E-state index contributed by atoms with van der Waals surface area (Å²) in [7, 11) is 0. The molecule has 0 amide bonds. The van der Waals surface area contributed by atoms with Crippen molar-refractivity contribution in [3.8, 4) is 0 Å². The van der Waals surface area contributed by atoms with Gasteiger partial charge in [0, 0.05) is 0 Å². The van der Waals surface area contributed by atoms with Crippen molar-refractivity contribution in [2.45, 2.75) is 66.7 Å². The molecule has 0 saturated heterocycles. The van der Waals surface area contributed by atoms with E-state index < -0.39 is 0 Å². The van der Waals surface area contributed by atoms with Crippen molar-refractivity contribution in [2.24, 2.45) is 5.41 Å². The number of rotatable bonds is 4. The predicted octanol–water partition coefficient (Wildman–Crippen LogP) is 4.83. The maximum absolute atomic E-state index is 11.6. The minimum Gasteiger partial charge on any atom is -0.295 e. The molecule has 1 rings (SSSR count). The van der Waals surface area contributed by atoms with Crippen molar-refractivity contribution in [2.75, 3.05) is 0 Å². The van der Waals surface area contributed by atoms with Gasteiger partial charge in [-0.3, -0.25) is 4.79 Å². The number of carbonyl (C=O) groups excluding carboxylic acids is 1. The second kappa shape index (κ2) is 5.66. The highest BCUT2D eigenvalue weighted by Crippen LogP contribution is 2.41. The highest BCUT2D eigenvalue weighted by Gasteiger charge is 2.27. The largest absolute Gasteiger partial charge is 0.295 e. The summed E-state index contributed by atoms with van der Waals surface area (Å²) in [5.74, 6) is 0.230. The van der Waals surface area contributed by atoms with E-state index in [4.69, 9.17) is 0 Å². The lowest BCUT2D eigenvalue weighted by Gasteiger charge is -2.33. The third kappa shape index (κ3) is 3.55. The summed E-state index contributed by atoms with van der Waals surface area (Å²) < 4.78 is 0. The van der Waals surface area contributed by atoms with Crippen LogP contribution in [-0.2, 0) is 4.79 Å². The molecule has 0 spiro atoms. The lowest BCUT2D eigenvalue weighted by molar-refractivity contribution is -0.113. The van der Waals surface area contributed by atoms with Crippen LogP contribution in [-0.4, -0.2) is 5.78 Å². The monoisotopic (exact) mass is 234 g/mol. The van der Waals surface area contributed by atoms with E-state index in [1.165, 1.54) is 30.4 Å². The van der Waals surface area contributed by atoms with Crippen LogP contribution < -0.4 is 0 Å². The van der Waals surface area contributed by atoms with Gasteiger partial charge in [-0.15, -0.1) is 0 Å². The van der Waals surface area contributed by atoms with Crippen LogP contribution in [0.25, 0.3) is 0 Å². The van der Waals surface area contributed by atoms with Crippen molar-refractivity contribution >= 4 is 5.78 Å². The molecule has 96 valence electrons. The molecule has 0 saturated carbocycles. The van der Waals surface area contributed by atoms with Gasteiger partial charge in [-0.1, -0.05) is 38.8 Å². The molecular weight excluding hydrogens is 208 g/mol. The third-order valence-corrected chi connectivity index (χ3v) is 3.83. The van der Waals surface area contributed by atoms with Crippen LogP contribution in [0, 0.1) is 5.41 Å². The first kappa shape index (κ1) is 14.2. The lowest BCUT2D eigenvalue weighted by atomic mass is 9.72. The van der Waals surface area contributed by atoms with Gasteiger partial charge in [0.2, 0.25) is 0 Å². The molecule has 0 atom stereocenters. The Balaban J connectivity index is 3.11. The molecule has 0 N–H and O–H groups in total. The molecular formula is C16H26O. The van der Waals surface area contributed by atoms with Gasteiger partial charge < -0.3 is 0 Å². The van der Waals surface area contributed by atoms with Crippen molar-refractivity contribution < 1.29 is 4.79 Å². The minimum atomic E-state index is 0.230. The molecule has 0 radical (unpaired) electrons. The summed E-state index contributed by atoms with van der Waals surface area (Å²) in [4.78, 5) is 11.6. The van der Waals surface area contributed by atoms with E-state index in [-0.39, 0.29) is 11.2 Å². The fourth-order valence-corrected chi connectivity index (χ4v) is 2.75. The number of ketones is 1. The van der Waals surface area contributed by atoms with Gasteiger partial charge in [-0.25, -0.2) is 0 Å². The molecule has 0 aromatic rings. The zero-order chi connectivity index (χ0) is 13.1. The summed E-state index contributed by atoms with van der Waals surface area (Å²) in [6.45, 7) is 10.6. The second-order valence-corrected chi connectivity index (χ2v) is 5.91. The number of hydrogen-bond acceptors (Lipinski definition) is 1. The van der Waals surface area contributed by atoms with Gasteiger partial charge in [-0.2, -0.15) is 0 Å². The van der Waals surface area contributed by atoms with E-state index in [1.54, 1.807) is 6.92 Å². The summed E-state index contributed by atoms with van der Waals surface area (Å²) in [5, 5.41) is 0. The van der Waals surface area contributed by atoms with E-state index in [2.05, 4.69) is 33.8 Å². The summed E-state index contributed by atoms with van der Waals surface area (Å²) in [5.41, 5.74) is 4.10. The molecule has 0 bridgehead atoms. The average molecular weight is 234 g/mol. The van der Waals surface area contributed by atoms with Gasteiger partial charge in [-0.05, 0) is 56.1 Å². The van der Waals surface area contributed by atoms with Gasteiger partial charge in [0.1, 0.15) is 0 Å². The molecule has 0 aliphatic heterocycles. The number of allylic oxidation sites excluding steroid dienone is 4. The smallest absolute Gasteiger partial charge is 0.155 e. The highest BCUT2D eigenvalue weighted by atomic mass is 16.1. The Morgan fingerprint density at radius 1 is 1.41 bits per heavy atom. The van der Waals surface area contributed by atoms with E-state index >= 15 is 0 Å². The topological polar surface area (TPSA) is 17.1 Å². The first-order valence-corrected chi connectivity index (χ1v) is 6.80. The van der Waals surface area contributed by atoms with E-state index in [0.29, 0.717) is 0 Å². The molecule has 0 unspecified atom stereocenters. The molecule has 1 nitrogen and oxygen atoms in total. The summed E-state index contributed by atoms with van der Waals surface area (Å²) in [6.07, 6.45) is 7.82. The fourth-order valence-electron chi connectivity index (χ4n) is 2.75. The number of carbonyl (C=O) groups is 1. The van der Waals surface area contributed by atoms with Crippen LogP contribution in [0.15, 0.2) is 22.8 Å². The van der Waals surface area contributed by atoms with Gasteiger partial charge >= 0.3 is 0 Å². The summed E-state index contributed by atoms with van der Waals surface area (Å²) in [6, 6.07) is 0. The molecule has 17 heavy (non-hydrogen) atoms. The zero-order valence-electron chi connectivity index (χ0n) is 12.0. The minimum absolute atomic E-state index is 0.230. The molecule has 0 aromatic carbocycles. The van der Waals surface area contributed by atoms with Crippen LogP contribution in [0.1, 0.15) is 66.7 Å². The van der Waals surface area contributed by atoms with E-state index in [9.17, 15) is 4.79 Å². The van der Waals surface area contributed by atoms with E-state index in [1.807, 2.05) is 0 Å². The van der Waals surface area contributed by atoms with Crippen molar-refractivity contribution in [3.63, 3.8) is 0 Å². The Morgan fingerprint density at radius 3 is 2.53 bits per heavy atom. The van der Waals surface area contributed by atoms with Gasteiger partial charge in [0.05, 0.1) is 0 Å². The molecule has 1 heteroatoms. The lowest BCUT2D eigenvalue weighted by Crippen LogP contribution is -2.19. The molecule has 0 fully saturated rings. The first-order valence-electron chi connectivity index (χ1n) is 6.80. The molecule has 1 aliphatic carbocycles. The fraction of sp³-hybridized carbons (Fsp3) is 0.688. The summed E-state index contributed by atoms with van der Waals surface area (Å²) >= 11 is 0. The predicted molar refractivity (Wildman–Crippen MR) is 74.0 cm³/mol. The Hall–Kier alpha value is -0.850. The normalized spacial score (nSPS) is 20.6. The van der Waals surface area contributed by atoms with Crippen LogP contribution in [0.4, 0.5) is 0 Å². The Morgan fingerprint density at radius 2 is 2.06 bits per heavy atom. The van der Waals surface area contributed by atoms with Crippen LogP contribution in [0.3, 0.4) is 0 Å². The highest BCUT2D eigenvalue weighted by molar-refractivity contribution is 5.93. The molecule has 0 heterocycles. The van der Waals surface area contributed by atoms with Crippen LogP contribution in [0.5, 0.6) is 0 Å². The number of Topliss-reactive ketones (excluding diaryl/α,β-unsaturated/α-hetero) is 1. The van der Waals surface area contributed by atoms with Crippen molar-refractivity contribution in [3.05, 3.63) is 22.8 Å². The maximum atomic E-state index is 11.6. The Labute approximate surface area is 106 Å².